The van der Waals surface area contributed by atoms with Crippen LogP contribution in [0, 0.1) is 0 Å². The number of halogens is 4. The van der Waals surface area contributed by atoms with E-state index in [4.69, 9.17) is 0 Å². The summed E-state index contributed by atoms with van der Waals surface area (Å²) in [5, 5.41) is 6.30. The molecule has 3 rings (SSSR count). The summed E-state index contributed by atoms with van der Waals surface area (Å²) in [6, 6.07) is 5.55. The highest BCUT2D eigenvalue weighted by atomic mass is 127. The van der Waals surface area contributed by atoms with Gasteiger partial charge >= 0.3 is 6.18 Å². The van der Waals surface area contributed by atoms with Crippen LogP contribution >= 0.6 is 24.0 Å². The molecule has 0 atom stereocenters. The van der Waals surface area contributed by atoms with Crippen LogP contribution in [0.5, 0.6) is 0 Å². The molecule has 2 aliphatic rings. The van der Waals surface area contributed by atoms with Crippen molar-refractivity contribution in [2.45, 2.75) is 37.3 Å². The smallest absolute Gasteiger partial charge is 0.356 e. The minimum Gasteiger partial charge on any atom is -0.356 e. The van der Waals surface area contributed by atoms with Crippen LogP contribution in [0.1, 0.15) is 36.8 Å². The summed E-state index contributed by atoms with van der Waals surface area (Å²) in [5.41, 5.74) is -0.294. The molecule has 0 radical (unpaired) electrons. The van der Waals surface area contributed by atoms with Gasteiger partial charge in [0.15, 0.2) is 5.96 Å². The molecule has 6 nitrogen and oxygen atoms in total. The van der Waals surface area contributed by atoms with Crippen molar-refractivity contribution in [3.8, 4) is 0 Å². The molecular weight excluding hydrogens is 532 g/mol. The summed E-state index contributed by atoms with van der Waals surface area (Å²) in [4.78, 5) is 4.15. The van der Waals surface area contributed by atoms with Crippen LogP contribution < -0.4 is 10.6 Å². The van der Waals surface area contributed by atoms with E-state index in [1.165, 1.54) is 16.4 Å². The number of hydrogen-bond donors (Lipinski definition) is 2. The van der Waals surface area contributed by atoms with Crippen molar-refractivity contribution in [1.29, 1.82) is 0 Å². The van der Waals surface area contributed by atoms with Gasteiger partial charge in [-0.25, -0.2) is 12.7 Å². The molecule has 1 aromatic carbocycles. The Morgan fingerprint density at radius 1 is 1.23 bits per heavy atom. The Morgan fingerprint density at radius 2 is 1.97 bits per heavy atom. The lowest BCUT2D eigenvalue weighted by Gasteiger charge is -2.43. The highest BCUT2D eigenvalue weighted by Crippen LogP contribution is 2.44. The van der Waals surface area contributed by atoms with Gasteiger partial charge in [0.1, 0.15) is 0 Å². The summed E-state index contributed by atoms with van der Waals surface area (Å²) in [6.45, 7) is 1.78. The van der Waals surface area contributed by atoms with Crippen molar-refractivity contribution in [2.24, 2.45) is 4.99 Å². The Bertz CT molecular complexity index is 858. The molecule has 1 aromatic rings. The minimum absolute atomic E-state index is 0. The topological polar surface area (TPSA) is 73.8 Å². The van der Waals surface area contributed by atoms with Gasteiger partial charge in [-0.2, -0.15) is 13.2 Å². The predicted molar refractivity (Wildman–Crippen MR) is 122 cm³/mol. The first-order valence-electron chi connectivity index (χ1n) is 9.76. The molecule has 2 N–H and O–H groups in total. The molecule has 1 heterocycles. The van der Waals surface area contributed by atoms with Gasteiger partial charge in [-0.15, -0.1) is 24.0 Å². The average Bonchev–Trinajstić information content (AvgIpc) is 2.97. The largest absolute Gasteiger partial charge is 0.416 e. The molecule has 1 aliphatic heterocycles. The molecule has 0 aromatic heterocycles. The van der Waals surface area contributed by atoms with Crippen molar-refractivity contribution < 1.29 is 21.6 Å². The molecule has 1 saturated carbocycles. The van der Waals surface area contributed by atoms with E-state index in [9.17, 15) is 21.6 Å². The van der Waals surface area contributed by atoms with Gasteiger partial charge in [0.05, 0.1) is 11.3 Å². The fraction of sp³-hybridized carbons (Fsp3) is 0.632. The van der Waals surface area contributed by atoms with Crippen molar-refractivity contribution in [3.63, 3.8) is 0 Å². The normalized spacial score (nSPS) is 20.9. The van der Waals surface area contributed by atoms with Gasteiger partial charge in [0, 0.05) is 38.6 Å². The van der Waals surface area contributed by atoms with Crippen LogP contribution in [-0.2, 0) is 21.6 Å². The second-order valence-electron chi connectivity index (χ2n) is 7.63. The lowest BCUT2D eigenvalue weighted by atomic mass is 9.64. The standard InChI is InChI=1S/C19H27F3N4O2S.HI/c1-23-17(24-9-11-26-10-4-12-29(26,27)28)25-14-18(7-3-8-18)15-5-2-6-16(13-15)19(20,21)22;/h2,5-6,13H,3-4,7-12,14H2,1H3,(H2,23,24,25);1H. The first-order valence-corrected chi connectivity index (χ1v) is 11.4. The van der Waals surface area contributed by atoms with E-state index in [0.29, 0.717) is 44.1 Å². The average molecular weight is 560 g/mol. The fourth-order valence-corrected chi connectivity index (χ4v) is 5.44. The van der Waals surface area contributed by atoms with Crippen LogP contribution in [0.4, 0.5) is 13.2 Å². The predicted octanol–water partition coefficient (Wildman–Crippen LogP) is 2.95. The number of rotatable bonds is 6. The Balaban J connectivity index is 0.00000320. The minimum atomic E-state index is -4.36. The lowest BCUT2D eigenvalue weighted by Crippen LogP contribution is -2.50. The van der Waals surface area contributed by atoms with E-state index in [-0.39, 0.29) is 35.1 Å². The maximum absolute atomic E-state index is 13.1. The number of guanidine groups is 1. The lowest BCUT2D eigenvalue weighted by molar-refractivity contribution is -0.137. The highest BCUT2D eigenvalue weighted by Gasteiger charge is 2.40. The van der Waals surface area contributed by atoms with E-state index in [1.807, 2.05) is 0 Å². The maximum atomic E-state index is 13.1. The molecule has 1 saturated heterocycles. The van der Waals surface area contributed by atoms with E-state index in [1.54, 1.807) is 13.1 Å². The molecule has 30 heavy (non-hydrogen) atoms. The molecule has 170 valence electrons. The van der Waals surface area contributed by atoms with E-state index >= 15 is 0 Å². The van der Waals surface area contributed by atoms with Crippen molar-refractivity contribution in [2.75, 3.05) is 39.0 Å². The third-order valence-electron chi connectivity index (χ3n) is 5.79. The number of hydrogen-bond acceptors (Lipinski definition) is 3. The molecular formula is C19H28F3IN4O2S. The Kier molecular flexibility index (Phi) is 8.42. The number of nitrogens with zero attached hydrogens (tertiary/aromatic N) is 2. The summed E-state index contributed by atoms with van der Waals surface area (Å²) in [6.07, 6.45) is -1.12. The number of alkyl halides is 3. The third kappa shape index (κ3) is 5.78. The molecule has 0 amide bonds. The quantitative estimate of drug-likeness (QED) is 0.319. The summed E-state index contributed by atoms with van der Waals surface area (Å²) >= 11 is 0. The Morgan fingerprint density at radius 3 is 2.50 bits per heavy atom. The SMILES string of the molecule is CN=C(NCCN1CCCS1(=O)=O)NCC1(c2cccc(C(F)(F)F)c2)CCC1.I. The molecule has 0 unspecified atom stereocenters. The van der Waals surface area contributed by atoms with Crippen LogP contribution in [0.25, 0.3) is 0 Å². The van der Waals surface area contributed by atoms with Crippen LogP contribution in [0.3, 0.4) is 0 Å². The molecule has 2 fully saturated rings. The number of nitrogens with one attached hydrogen (secondary N) is 2. The maximum Gasteiger partial charge on any atom is 0.416 e. The monoisotopic (exact) mass is 560 g/mol. The zero-order valence-electron chi connectivity index (χ0n) is 16.8. The van der Waals surface area contributed by atoms with Crippen LogP contribution in [-0.4, -0.2) is 57.7 Å². The summed E-state index contributed by atoms with van der Waals surface area (Å²) in [5.74, 6) is 0.708. The first kappa shape index (κ1) is 25.2. The fourth-order valence-electron chi connectivity index (χ4n) is 3.91. The van der Waals surface area contributed by atoms with Gasteiger partial charge in [-0.05, 0) is 30.9 Å². The van der Waals surface area contributed by atoms with Gasteiger partial charge in [-0.3, -0.25) is 4.99 Å². The number of benzene rings is 1. The molecule has 0 bridgehead atoms. The second-order valence-corrected chi connectivity index (χ2v) is 9.72. The van der Waals surface area contributed by atoms with E-state index in [2.05, 4.69) is 15.6 Å². The highest BCUT2D eigenvalue weighted by molar-refractivity contribution is 14.0. The Hall–Kier alpha value is -1.08. The Labute approximate surface area is 192 Å². The molecule has 1 aliphatic carbocycles. The zero-order valence-corrected chi connectivity index (χ0v) is 20.0. The van der Waals surface area contributed by atoms with Gasteiger partial charge < -0.3 is 10.6 Å². The summed E-state index contributed by atoms with van der Waals surface area (Å²) in [7, 11) is -1.52. The van der Waals surface area contributed by atoms with Gasteiger partial charge in [0.2, 0.25) is 10.0 Å². The van der Waals surface area contributed by atoms with E-state index < -0.39 is 21.8 Å². The van der Waals surface area contributed by atoms with Crippen molar-refractivity contribution in [1.82, 2.24) is 14.9 Å². The van der Waals surface area contributed by atoms with Crippen molar-refractivity contribution in [3.05, 3.63) is 35.4 Å². The molecule has 0 spiro atoms. The van der Waals surface area contributed by atoms with Gasteiger partial charge in [-0.1, -0.05) is 24.6 Å². The van der Waals surface area contributed by atoms with Crippen molar-refractivity contribution >= 4 is 40.0 Å². The van der Waals surface area contributed by atoms with Gasteiger partial charge in [0.25, 0.3) is 0 Å². The molecule has 11 heteroatoms. The third-order valence-corrected chi connectivity index (χ3v) is 7.74. The van der Waals surface area contributed by atoms with Crippen LogP contribution in [0.15, 0.2) is 29.3 Å². The first-order chi connectivity index (χ1) is 13.7. The summed E-state index contributed by atoms with van der Waals surface area (Å²) < 4.78 is 64.4. The number of aliphatic imine (C=N–C) groups is 1. The number of sulfonamides is 1. The van der Waals surface area contributed by atoms with E-state index in [0.717, 1.165) is 25.3 Å². The van der Waals surface area contributed by atoms with Crippen LogP contribution in [0.2, 0.25) is 0 Å². The second kappa shape index (κ2) is 10.0. The zero-order chi connectivity index (χ0) is 21.1.